The van der Waals surface area contributed by atoms with E-state index in [1.54, 1.807) is 6.07 Å². The molecular formula is C17H19F2NO. The van der Waals surface area contributed by atoms with E-state index in [4.69, 9.17) is 4.74 Å². The second-order valence-electron chi connectivity index (χ2n) is 4.76. The molecule has 2 nitrogen and oxygen atoms in total. The lowest BCUT2D eigenvalue weighted by Gasteiger charge is -2.20. The van der Waals surface area contributed by atoms with Crippen LogP contribution in [-0.2, 0) is 0 Å². The van der Waals surface area contributed by atoms with Crippen LogP contribution < -0.4 is 10.1 Å². The van der Waals surface area contributed by atoms with Gasteiger partial charge in [0.05, 0.1) is 0 Å². The van der Waals surface area contributed by atoms with Gasteiger partial charge in [-0.1, -0.05) is 32.0 Å². The standard InChI is InChI=1S/C17H19F2NO/c1-3-16(20-4-2)15-7-5-6-8-17(15)21-14-10-12(18)9-13(19)11-14/h5-11,16,20H,3-4H2,1-2H3. The fourth-order valence-corrected chi connectivity index (χ4v) is 2.30. The van der Waals surface area contributed by atoms with E-state index in [1.165, 1.54) is 12.1 Å². The van der Waals surface area contributed by atoms with Crippen molar-refractivity contribution in [3.8, 4) is 11.5 Å². The topological polar surface area (TPSA) is 21.3 Å². The van der Waals surface area contributed by atoms with Crippen molar-refractivity contribution in [3.63, 3.8) is 0 Å². The summed E-state index contributed by atoms with van der Waals surface area (Å²) in [6.07, 6.45) is 0.895. The summed E-state index contributed by atoms with van der Waals surface area (Å²) >= 11 is 0. The fourth-order valence-electron chi connectivity index (χ4n) is 2.30. The first-order valence-corrected chi connectivity index (χ1v) is 7.10. The summed E-state index contributed by atoms with van der Waals surface area (Å²) in [7, 11) is 0. The van der Waals surface area contributed by atoms with E-state index in [0.29, 0.717) is 5.75 Å². The van der Waals surface area contributed by atoms with Crippen LogP contribution in [-0.4, -0.2) is 6.54 Å². The van der Waals surface area contributed by atoms with Crippen molar-refractivity contribution < 1.29 is 13.5 Å². The predicted octanol–water partition coefficient (Wildman–Crippen LogP) is 4.82. The highest BCUT2D eigenvalue weighted by Crippen LogP contribution is 2.31. The molecule has 0 heterocycles. The van der Waals surface area contributed by atoms with Crippen molar-refractivity contribution in [2.24, 2.45) is 0 Å². The maximum atomic E-state index is 13.2. The van der Waals surface area contributed by atoms with Crippen molar-refractivity contribution in [2.75, 3.05) is 6.54 Å². The Morgan fingerprint density at radius 3 is 2.33 bits per heavy atom. The van der Waals surface area contributed by atoms with Crippen molar-refractivity contribution in [1.29, 1.82) is 0 Å². The highest BCUT2D eigenvalue weighted by atomic mass is 19.1. The summed E-state index contributed by atoms with van der Waals surface area (Å²) < 4.78 is 32.2. The zero-order valence-corrected chi connectivity index (χ0v) is 12.2. The molecule has 0 bridgehead atoms. The third-order valence-electron chi connectivity index (χ3n) is 3.22. The molecule has 0 aromatic heterocycles. The average molecular weight is 291 g/mol. The van der Waals surface area contributed by atoms with Crippen LogP contribution in [0.15, 0.2) is 42.5 Å². The zero-order valence-electron chi connectivity index (χ0n) is 12.2. The molecule has 1 atom stereocenters. The number of para-hydroxylation sites is 1. The molecule has 0 aliphatic carbocycles. The van der Waals surface area contributed by atoms with E-state index in [1.807, 2.05) is 25.1 Å². The maximum absolute atomic E-state index is 13.2. The zero-order chi connectivity index (χ0) is 15.2. The van der Waals surface area contributed by atoms with Gasteiger partial charge in [-0.15, -0.1) is 0 Å². The summed E-state index contributed by atoms with van der Waals surface area (Å²) in [4.78, 5) is 0. The summed E-state index contributed by atoms with van der Waals surface area (Å²) in [6, 6.07) is 10.8. The Labute approximate surface area is 123 Å². The van der Waals surface area contributed by atoms with Crippen LogP contribution in [0.3, 0.4) is 0 Å². The summed E-state index contributed by atoms with van der Waals surface area (Å²) in [5.74, 6) is -0.538. The molecule has 0 saturated heterocycles. The van der Waals surface area contributed by atoms with Gasteiger partial charge in [0.15, 0.2) is 0 Å². The first-order chi connectivity index (χ1) is 10.1. The Morgan fingerprint density at radius 1 is 1.05 bits per heavy atom. The molecule has 2 aromatic rings. The Hall–Kier alpha value is -1.94. The largest absolute Gasteiger partial charge is 0.457 e. The van der Waals surface area contributed by atoms with Crippen LogP contribution in [0, 0.1) is 11.6 Å². The van der Waals surface area contributed by atoms with Crippen LogP contribution in [0.1, 0.15) is 31.9 Å². The Kier molecular flexibility index (Phi) is 5.28. The predicted molar refractivity (Wildman–Crippen MR) is 79.6 cm³/mol. The Balaban J connectivity index is 2.31. The summed E-state index contributed by atoms with van der Waals surface area (Å²) in [5, 5.41) is 3.37. The maximum Gasteiger partial charge on any atom is 0.133 e. The van der Waals surface area contributed by atoms with Crippen molar-refractivity contribution in [2.45, 2.75) is 26.3 Å². The van der Waals surface area contributed by atoms with Gasteiger partial charge in [0, 0.05) is 29.8 Å². The van der Waals surface area contributed by atoms with Gasteiger partial charge in [0.2, 0.25) is 0 Å². The Morgan fingerprint density at radius 2 is 1.71 bits per heavy atom. The molecular weight excluding hydrogens is 272 g/mol. The van der Waals surface area contributed by atoms with E-state index in [9.17, 15) is 8.78 Å². The number of nitrogens with one attached hydrogen (secondary N) is 1. The number of hydrogen-bond acceptors (Lipinski definition) is 2. The first kappa shape index (κ1) is 15.4. The lowest BCUT2D eigenvalue weighted by Crippen LogP contribution is -2.20. The van der Waals surface area contributed by atoms with Gasteiger partial charge in [0.25, 0.3) is 0 Å². The molecule has 0 aliphatic rings. The molecule has 21 heavy (non-hydrogen) atoms. The second kappa shape index (κ2) is 7.18. The fraction of sp³-hybridized carbons (Fsp3) is 0.294. The molecule has 2 rings (SSSR count). The SMILES string of the molecule is CCNC(CC)c1ccccc1Oc1cc(F)cc(F)c1. The lowest BCUT2D eigenvalue weighted by atomic mass is 10.0. The molecule has 0 aliphatic heterocycles. The van der Waals surface area contributed by atoms with Crippen LogP contribution in [0.5, 0.6) is 11.5 Å². The van der Waals surface area contributed by atoms with Gasteiger partial charge in [-0.2, -0.15) is 0 Å². The number of halogens is 2. The Bertz CT molecular complexity index is 581. The molecule has 0 fully saturated rings. The van der Waals surface area contributed by atoms with Gasteiger partial charge in [0.1, 0.15) is 23.1 Å². The number of benzene rings is 2. The van der Waals surface area contributed by atoms with Crippen molar-refractivity contribution >= 4 is 0 Å². The minimum absolute atomic E-state index is 0.143. The van der Waals surface area contributed by atoms with Crippen LogP contribution in [0.2, 0.25) is 0 Å². The minimum Gasteiger partial charge on any atom is -0.457 e. The molecule has 0 radical (unpaired) electrons. The number of ether oxygens (including phenoxy) is 1. The van der Waals surface area contributed by atoms with E-state index in [-0.39, 0.29) is 11.8 Å². The molecule has 1 N–H and O–H groups in total. The van der Waals surface area contributed by atoms with Gasteiger partial charge >= 0.3 is 0 Å². The molecule has 2 aromatic carbocycles. The van der Waals surface area contributed by atoms with Crippen LogP contribution in [0.4, 0.5) is 8.78 Å². The first-order valence-electron chi connectivity index (χ1n) is 7.10. The van der Waals surface area contributed by atoms with Crippen LogP contribution in [0.25, 0.3) is 0 Å². The van der Waals surface area contributed by atoms with Gasteiger partial charge in [-0.3, -0.25) is 0 Å². The van der Waals surface area contributed by atoms with Gasteiger partial charge in [-0.25, -0.2) is 8.78 Å². The van der Waals surface area contributed by atoms with Gasteiger partial charge < -0.3 is 10.1 Å². The van der Waals surface area contributed by atoms with E-state index >= 15 is 0 Å². The molecule has 1 unspecified atom stereocenters. The number of rotatable bonds is 6. The van der Waals surface area contributed by atoms with E-state index in [0.717, 1.165) is 24.6 Å². The minimum atomic E-state index is -0.652. The van der Waals surface area contributed by atoms with Gasteiger partial charge in [-0.05, 0) is 19.0 Å². The van der Waals surface area contributed by atoms with Crippen molar-refractivity contribution in [3.05, 3.63) is 59.7 Å². The highest BCUT2D eigenvalue weighted by molar-refractivity contribution is 5.40. The molecule has 112 valence electrons. The highest BCUT2D eigenvalue weighted by Gasteiger charge is 2.14. The molecule has 0 saturated carbocycles. The molecule has 0 amide bonds. The quantitative estimate of drug-likeness (QED) is 0.824. The smallest absolute Gasteiger partial charge is 0.133 e. The second-order valence-corrected chi connectivity index (χ2v) is 4.76. The van der Waals surface area contributed by atoms with Crippen molar-refractivity contribution in [1.82, 2.24) is 5.32 Å². The lowest BCUT2D eigenvalue weighted by molar-refractivity contribution is 0.444. The monoisotopic (exact) mass is 291 g/mol. The van der Waals surface area contributed by atoms with E-state index < -0.39 is 11.6 Å². The molecule has 4 heteroatoms. The summed E-state index contributed by atoms with van der Waals surface area (Å²) in [6.45, 7) is 4.95. The third kappa shape index (κ3) is 4.02. The average Bonchev–Trinajstić information content (AvgIpc) is 2.44. The molecule has 0 spiro atoms. The normalized spacial score (nSPS) is 12.2. The van der Waals surface area contributed by atoms with Crippen LogP contribution >= 0.6 is 0 Å². The summed E-state index contributed by atoms with van der Waals surface area (Å²) in [5.41, 5.74) is 0.978. The third-order valence-corrected chi connectivity index (χ3v) is 3.22. The number of hydrogen-bond donors (Lipinski definition) is 1. The van der Waals surface area contributed by atoms with E-state index in [2.05, 4.69) is 12.2 Å².